The molecule has 0 bridgehead atoms. The van der Waals surface area contributed by atoms with E-state index in [0.29, 0.717) is 74.7 Å². The van der Waals surface area contributed by atoms with E-state index in [0.717, 1.165) is 119 Å². The number of H-pyrrole nitrogens is 1. The van der Waals surface area contributed by atoms with Crippen LogP contribution in [-0.2, 0) is 26.0 Å². The molecule has 5 aliphatic heterocycles. The van der Waals surface area contributed by atoms with E-state index in [4.69, 9.17) is 33.9 Å². The number of nitrogens with one attached hydrogen (secondary N) is 3. The van der Waals surface area contributed by atoms with Crippen LogP contribution in [0.15, 0.2) is 90.1 Å². The van der Waals surface area contributed by atoms with Crippen molar-refractivity contribution in [2.45, 2.75) is 113 Å². The SMILES string of the molecule is COc1cc(CN2CCN(C3CC4(CCN(c5ccc(C(=O)NS(=O)(=O)c6ccc(NC[C@H]7CC[C@](C)(O)CC7)c([N+](=O)[O-])c6)c(N6c7cc8cc[nH]c8nc7O[C@H]7COCC[C@@H]76)n5)CC4)C3)[C@H](c3ccccc3C)C2)cnc1N1CCOCC1. The maximum atomic E-state index is 14.8. The van der Waals surface area contributed by atoms with E-state index in [2.05, 4.69) is 71.9 Å². The first-order valence-electron chi connectivity index (χ1n) is 30.1. The molecule has 4 N–H and O–H groups in total. The van der Waals surface area contributed by atoms with Crippen molar-refractivity contribution in [1.82, 2.24) is 34.5 Å². The van der Waals surface area contributed by atoms with Crippen molar-refractivity contribution in [3.8, 4) is 11.6 Å². The second kappa shape index (κ2) is 23.3. The largest absolute Gasteiger partial charge is 0.493 e. The molecule has 85 heavy (non-hydrogen) atoms. The number of fused-ring (bicyclic) bond motifs is 3. The molecule has 9 heterocycles. The second-order valence-corrected chi connectivity index (χ2v) is 26.5. The Bertz CT molecular complexity index is 3570. The second-order valence-electron chi connectivity index (χ2n) is 24.8. The fourth-order valence-electron chi connectivity index (χ4n) is 14.3. The van der Waals surface area contributed by atoms with Gasteiger partial charge in [-0.25, -0.2) is 23.1 Å². The Labute approximate surface area is 495 Å². The molecule has 13 rings (SSSR count). The van der Waals surface area contributed by atoms with Gasteiger partial charge in [0, 0.05) is 101 Å². The molecule has 450 valence electrons. The van der Waals surface area contributed by atoms with Gasteiger partial charge in [-0.15, -0.1) is 0 Å². The summed E-state index contributed by atoms with van der Waals surface area (Å²) in [5.74, 6) is 2.12. The van der Waals surface area contributed by atoms with Crippen LogP contribution in [0.25, 0.3) is 11.0 Å². The third kappa shape index (κ3) is 11.6. The van der Waals surface area contributed by atoms with Gasteiger partial charge in [0.25, 0.3) is 21.6 Å². The number of carbonyl (C=O) groups excluding carboxylic acids is 1. The molecule has 2 aliphatic carbocycles. The zero-order valence-electron chi connectivity index (χ0n) is 48.6. The monoisotopic (exact) mass is 1180 g/mol. The van der Waals surface area contributed by atoms with E-state index in [1.54, 1.807) is 25.4 Å². The lowest BCUT2D eigenvalue weighted by Gasteiger charge is -2.58. The molecule has 2 aromatic carbocycles. The quantitative estimate of drug-likeness (QED) is 0.0564. The van der Waals surface area contributed by atoms with Crippen LogP contribution in [-0.4, -0.2) is 164 Å². The highest BCUT2D eigenvalue weighted by Gasteiger charge is 2.51. The van der Waals surface area contributed by atoms with Crippen LogP contribution in [0.1, 0.15) is 97.8 Å². The number of ether oxygens (including phenoxy) is 4. The van der Waals surface area contributed by atoms with Crippen LogP contribution < -0.4 is 34.2 Å². The maximum absolute atomic E-state index is 14.8. The number of hydrogen-bond acceptors (Lipinski definition) is 19. The summed E-state index contributed by atoms with van der Waals surface area (Å²) in [4.78, 5) is 56.3. The summed E-state index contributed by atoms with van der Waals surface area (Å²) in [6.07, 6.45) is 10.7. The van der Waals surface area contributed by atoms with E-state index >= 15 is 0 Å². The number of aliphatic hydroxyl groups is 1. The lowest BCUT2D eigenvalue weighted by molar-refractivity contribution is -0.384. The number of piperazine rings is 1. The number of aromatic nitrogens is 4. The summed E-state index contributed by atoms with van der Waals surface area (Å²) < 4.78 is 54.8. The molecule has 2 saturated carbocycles. The smallest absolute Gasteiger partial charge is 0.293 e. The first-order valence-corrected chi connectivity index (χ1v) is 31.6. The summed E-state index contributed by atoms with van der Waals surface area (Å²) >= 11 is 0. The number of hydrogen-bond donors (Lipinski definition) is 4. The first-order chi connectivity index (χ1) is 41.1. The maximum Gasteiger partial charge on any atom is 0.293 e. The lowest BCUT2D eigenvalue weighted by atomic mass is 9.59. The van der Waals surface area contributed by atoms with Gasteiger partial charge in [-0.1, -0.05) is 24.3 Å². The molecule has 0 unspecified atom stereocenters. The van der Waals surface area contributed by atoms with Crippen molar-refractivity contribution in [3.05, 3.63) is 118 Å². The molecule has 0 radical (unpaired) electrons. The highest BCUT2D eigenvalue weighted by atomic mass is 32.2. The van der Waals surface area contributed by atoms with Gasteiger partial charge < -0.3 is 49.1 Å². The van der Waals surface area contributed by atoms with E-state index in [1.807, 2.05) is 30.2 Å². The minimum Gasteiger partial charge on any atom is -0.493 e. The van der Waals surface area contributed by atoms with Crippen LogP contribution in [0.4, 0.5) is 34.5 Å². The molecule has 6 fully saturated rings. The molecule has 23 heteroatoms. The van der Waals surface area contributed by atoms with Gasteiger partial charge in [0.05, 0.1) is 54.0 Å². The molecule has 3 atom stereocenters. The number of aryl methyl sites for hydroxylation is 1. The van der Waals surface area contributed by atoms with Crippen molar-refractivity contribution < 1.29 is 42.2 Å². The van der Waals surface area contributed by atoms with Crippen LogP contribution >= 0.6 is 0 Å². The molecule has 1 spiro atoms. The fourth-order valence-corrected chi connectivity index (χ4v) is 15.3. The van der Waals surface area contributed by atoms with Gasteiger partial charge in [0.1, 0.15) is 34.8 Å². The zero-order valence-corrected chi connectivity index (χ0v) is 49.4. The van der Waals surface area contributed by atoms with Gasteiger partial charge >= 0.3 is 0 Å². The number of nitro groups is 1. The van der Waals surface area contributed by atoms with E-state index in [1.165, 1.54) is 23.3 Å². The average molecular weight is 1180 g/mol. The molecule has 7 aliphatic rings. The average Bonchev–Trinajstić information content (AvgIpc) is 1.90. The van der Waals surface area contributed by atoms with Crippen LogP contribution in [0.2, 0.25) is 0 Å². The summed E-state index contributed by atoms with van der Waals surface area (Å²) in [5, 5.41) is 26.8. The van der Waals surface area contributed by atoms with Gasteiger partial charge in [-0.3, -0.25) is 24.7 Å². The Kier molecular flexibility index (Phi) is 15.6. The number of pyridine rings is 3. The molecule has 4 saturated heterocycles. The lowest BCUT2D eigenvalue weighted by Crippen LogP contribution is -2.60. The van der Waals surface area contributed by atoms with Crippen molar-refractivity contribution in [2.75, 3.05) is 106 Å². The molecule has 6 aromatic rings. The number of nitrogens with zero attached hydrogens (tertiary/aromatic N) is 9. The number of sulfonamides is 1. The Balaban J connectivity index is 0.736. The van der Waals surface area contributed by atoms with Crippen LogP contribution in [0.5, 0.6) is 11.6 Å². The third-order valence-electron chi connectivity index (χ3n) is 19.2. The van der Waals surface area contributed by atoms with Gasteiger partial charge in [-0.2, -0.15) is 4.98 Å². The van der Waals surface area contributed by atoms with Crippen molar-refractivity contribution in [2.24, 2.45) is 11.3 Å². The Morgan fingerprint density at radius 2 is 1.71 bits per heavy atom. The van der Waals surface area contributed by atoms with Crippen LogP contribution in [0.3, 0.4) is 0 Å². The molecular formula is C62H76N12O10S. The fraction of sp³-hybridized carbons (Fsp3) is 0.516. The number of benzene rings is 2. The number of methoxy groups -OCH3 is 1. The Hall–Kier alpha value is -7.15. The number of nitro benzene ring substituents is 1. The van der Waals surface area contributed by atoms with Gasteiger partial charge in [0.2, 0.25) is 5.88 Å². The summed E-state index contributed by atoms with van der Waals surface area (Å²) in [6, 6.07) is 22.2. The number of morpholine rings is 1. The Morgan fingerprint density at radius 3 is 2.48 bits per heavy atom. The molecular weight excluding hydrogens is 1100 g/mol. The number of piperidine rings is 1. The summed E-state index contributed by atoms with van der Waals surface area (Å²) in [7, 11) is -2.95. The number of carbonyl (C=O) groups is 1. The van der Waals surface area contributed by atoms with Crippen molar-refractivity contribution in [3.63, 3.8) is 0 Å². The molecule has 4 aromatic heterocycles. The van der Waals surface area contributed by atoms with Crippen molar-refractivity contribution >= 4 is 61.5 Å². The minimum absolute atomic E-state index is 0.00415. The predicted octanol–water partition coefficient (Wildman–Crippen LogP) is 7.88. The number of anilines is 5. The Morgan fingerprint density at radius 1 is 0.906 bits per heavy atom. The number of rotatable bonds is 15. The predicted molar refractivity (Wildman–Crippen MR) is 322 cm³/mol. The van der Waals surface area contributed by atoms with E-state index in [9.17, 15) is 28.4 Å². The van der Waals surface area contributed by atoms with Crippen molar-refractivity contribution in [1.29, 1.82) is 0 Å². The molecule has 1 amide bonds. The minimum atomic E-state index is -4.67. The molecule has 22 nitrogen and oxygen atoms in total. The summed E-state index contributed by atoms with van der Waals surface area (Å²) in [5.41, 5.74) is 4.16. The topological polar surface area (TPSA) is 246 Å². The first kappa shape index (κ1) is 57.0. The summed E-state index contributed by atoms with van der Waals surface area (Å²) in [6.45, 7) is 13.2. The van der Waals surface area contributed by atoms with E-state index in [-0.39, 0.29) is 47.1 Å². The van der Waals surface area contributed by atoms with Crippen LogP contribution in [0, 0.1) is 28.4 Å². The normalized spacial score (nSPS) is 24.7. The highest BCUT2D eigenvalue weighted by Crippen LogP contribution is 2.54. The van der Waals surface area contributed by atoms with Gasteiger partial charge in [0.15, 0.2) is 11.6 Å². The highest BCUT2D eigenvalue weighted by molar-refractivity contribution is 7.90. The number of amides is 1. The zero-order chi connectivity index (χ0) is 58.6. The van der Waals surface area contributed by atoms with E-state index < -0.39 is 43.1 Å². The number of aromatic amines is 1. The standard InChI is InChI=1S/C62H76N12O10S/c1-40-6-4-5-7-46(40)52-38-69(37-42-30-53(81-3)58(65-36-42)71-25-28-82-29-26-71)23-24-72(52)44-33-62(34-44)18-21-70(22-19-62)55-11-9-47(57(66-55)73-49-15-27-83-39-54(49)84-60-51(73)31-43-14-20-63-56(43)67-60)59(75)68-85(79,80)45-8-10-48(50(32-45)74(77)78)64-35-41-12-16-61(2,76)17-13-41/h4-11,14,20,30-32,36,41,44,49,52,54,64,76H,12-13,15-19,21-29,33-35,37-39H2,1-3H3,(H,63,67)(H,68,75)/t41-,49-,52-,54-,61-/m0/s1. The van der Waals surface area contributed by atoms with Gasteiger partial charge in [-0.05, 0) is 142 Å². The third-order valence-corrected chi connectivity index (χ3v) is 20.6.